The third-order valence-corrected chi connectivity index (χ3v) is 3.04. The average molecular weight is 125 g/mol. The zero-order valence-electron chi connectivity index (χ0n) is 5.97. The summed E-state index contributed by atoms with van der Waals surface area (Å²) in [6.45, 7) is 4.06. The second kappa shape index (κ2) is 1.72. The lowest BCUT2D eigenvalue weighted by molar-refractivity contribution is -0.901. The van der Waals surface area contributed by atoms with Crippen molar-refractivity contribution in [2.45, 2.75) is 19.3 Å². The summed E-state index contributed by atoms with van der Waals surface area (Å²) in [5, 5.41) is 0. The third kappa shape index (κ3) is 0.877. The average Bonchev–Trinajstić information content (AvgIpc) is 1.90. The van der Waals surface area contributed by atoms with E-state index in [0.29, 0.717) is 0 Å². The van der Waals surface area contributed by atoms with Crippen LogP contribution in [0.3, 0.4) is 0 Å². The smallest absolute Gasteiger partial charge is 0.128 e. The molecule has 0 atom stereocenters. The molecule has 1 heteroatoms. The summed E-state index contributed by atoms with van der Waals surface area (Å²) in [4.78, 5) is 0. The highest BCUT2D eigenvalue weighted by Gasteiger charge is 2.36. The van der Waals surface area contributed by atoms with E-state index in [2.05, 4.69) is 7.05 Å². The molecule has 0 amide bonds. The Morgan fingerprint density at radius 1 is 1.00 bits per heavy atom. The Kier molecular flexibility index (Phi) is 1.10. The summed E-state index contributed by atoms with van der Waals surface area (Å²) in [5.74, 6) is 1.08. The van der Waals surface area contributed by atoms with Gasteiger partial charge in [0.1, 0.15) is 7.05 Å². The molecule has 3 aliphatic rings. The predicted octanol–water partition coefficient (Wildman–Crippen LogP) is 1.41. The van der Waals surface area contributed by atoms with Gasteiger partial charge >= 0.3 is 0 Å². The van der Waals surface area contributed by atoms with Crippen LogP contribution in [0.15, 0.2) is 0 Å². The van der Waals surface area contributed by atoms with Crippen molar-refractivity contribution >= 4 is 0 Å². The first-order valence-corrected chi connectivity index (χ1v) is 3.99. The molecule has 0 aromatic rings. The fourth-order valence-electron chi connectivity index (χ4n) is 2.14. The van der Waals surface area contributed by atoms with Crippen LogP contribution in [-0.2, 0) is 0 Å². The predicted molar refractivity (Wildman–Crippen MR) is 37.6 cm³/mol. The largest absolute Gasteiger partial charge is 0.319 e. The molecule has 1 radical (unpaired) electrons. The molecule has 0 aromatic heterocycles. The van der Waals surface area contributed by atoms with Gasteiger partial charge in [0.15, 0.2) is 0 Å². The molecule has 0 N–H and O–H groups in total. The van der Waals surface area contributed by atoms with E-state index in [-0.39, 0.29) is 0 Å². The molecule has 3 fully saturated rings. The summed E-state index contributed by atoms with van der Waals surface area (Å²) >= 11 is 0. The Morgan fingerprint density at radius 2 is 1.44 bits per heavy atom. The van der Waals surface area contributed by atoms with Crippen molar-refractivity contribution in [2.24, 2.45) is 5.92 Å². The van der Waals surface area contributed by atoms with E-state index >= 15 is 0 Å². The standard InChI is InChI=1S/C8H15N/c1-9-5-2-8(3-6-9)4-7-9/h8H,1-7H2/q+1. The minimum Gasteiger partial charge on any atom is -0.319 e. The lowest BCUT2D eigenvalue weighted by Crippen LogP contribution is -2.53. The van der Waals surface area contributed by atoms with E-state index < -0.39 is 0 Å². The quantitative estimate of drug-likeness (QED) is 0.429. The van der Waals surface area contributed by atoms with Crippen molar-refractivity contribution < 1.29 is 4.48 Å². The first kappa shape index (κ1) is 5.72. The van der Waals surface area contributed by atoms with Gasteiger partial charge in [-0.25, -0.2) is 0 Å². The molecular weight excluding hydrogens is 110 g/mol. The Balaban J connectivity index is 2.11. The topological polar surface area (TPSA) is 0 Å². The van der Waals surface area contributed by atoms with Crippen molar-refractivity contribution in [3.05, 3.63) is 7.05 Å². The summed E-state index contributed by atoms with van der Waals surface area (Å²) in [7, 11) is 4.22. The number of hydrogen-bond acceptors (Lipinski definition) is 0. The minimum absolute atomic E-state index is 1.08. The van der Waals surface area contributed by atoms with Gasteiger partial charge in [-0.05, 0) is 25.2 Å². The van der Waals surface area contributed by atoms with Crippen molar-refractivity contribution in [1.29, 1.82) is 0 Å². The highest BCUT2D eigenvalue weighted by molar-refractivity contribution is 4.70. The molecule has 0 aromatic carbocycles. The minimum atomic E-state index is 1.08. The van der Waals surface area contributed by atoms with Gasteiger partial charge in [-0.15, -0.1) is 0 Å². The molecule has 0 spiro atoms. The summed E-state index contributed by atoms with van der Waals surface area (Å²) in [5.41, 5.74) is 0. The number of quaternary nitrogens is 1. The molecule has 3 saturated heterocycles. The lowest BCUT2D eigenvalue weighted by Gasteiger charge is -2.45. The maximum atomic E-state index is 4.22. The van der Waals surface area contributed by atoms with Crippen LogP contribution in [0.4, 0.5) is 0 Å². The lowest BCUT2D eigenvalue weighted by atomic mass is 9.86. The number of nitrogens with zero attached hydrogens (tertiary/aromatic N) is 1. The van der Waals surface area contributed by atoms with Crippen LogP contribution < -0.4 is 0 Å². The number of rotatable bonds is 0. The number of piperidine rings is 3. The zero-order valence-corrected chi connectivity index (χ0v) is 5.97. The molecule has 0 aliphatic carbocycles. The van der Waals surface area contributed by atoms with Crippen molar-refractivity contribution in [2.75, 3.05) is 19.6 Å². The van der Waals surface area contributed by atoms with E-state index in [1.807, 2.05) is 0 Å². The first-order valence-electron chi connectivity index (χ1n) is 3.99. The molecule has 0 unspecified atom stereocenters. The van der Waals surface area contributed by atoms with Crippen molar-refractivity contribution in [1.82, 2.24) is 0 Å². The van der Waals surface area contributed by atoms with Crippen LogP contribution in [0.5, 0.6) is 0 Å². The molecule has 3 aliphatic heterocycles. The Labute approximate surface area is 57.3 Å². The van der Waals surface area contributed by atoms with Crippen LogP contribution >= 0.6 is 0 Å². The summed E-state index contributed by atoms with van der Waals surface area (Å²) < 4.78 is 1.14. The molecule has 3 rings (SSSR count). The number of fused-ring (bicyclic) bond motifs is 3. The Bertz CT molecular complexity index is 98.0. The Morgan fingerprint density at radius 3 is 1.67 bits per heavy atom. The van der Waals surface area contributed by atoms with Crippen molar-refractivity contribution in [3.8, 4) is 0 Å². The summed E-state index contributed by atoms with van der Waals surface area (Å²) in [6, 6.07) is 0. The summed E-state index contributed by atoms with van der Waals surface area (Å²) in [6.07, 6.45) is 4.34. The maximum Gasteiger partial charge on any atom is 0.128 e. The Hall–Kier alpha value is -0.0400. The fraction of sp³-hybridized carbons (Fsp3) is 0.875. The van der Waals surface area contributed by atoms with Gasteiger partial charge in [0.05, 0.1) is 19.6 Å². The van der Waals surface area contributed by atoms with Gasteiger partial charge in [-0.3, -0.25) is 0 Å². The normalized spacial score (nSPS) is 49.7. The highest BCUT2D eigenvalue weighted by Crippen LogP contribution is 2.32. The van der Waals surface area contributed by atoms with Crippen LogP contribution in [0.2, 0.25) is 0 Å². The molecule has 9 heavy (non-hydrogen) atoms. The van der Waals surface area contributed by atoms with Gasteiger partial charge in [0.2, 0.25) is 0 Å². The van der Waals surface area contributed by atoms with Crippen LogP contribution in [0, 0.1) is 13.0 Å². The van der Waals surface area contributed by atoms with Crippen LogP contribution in [0.25, 0.3) is 0 Å². The van der Waals surface area contributed by atoms with Gasteiger partial charge in [-0.2, -0.15) is 0 Å². The van der Waals surface area contributed by atoms with Gasteiger partial charge in [0.25, 0.3) is 0 Å². The van der Waals surface area contributed by atoms with Gasteiger partial charge in [0, 0.05) is 0 Å². The number of hydrogen-bond donors (Lipinski definition) is 0. The van der Waals surface area contributed by atoms with Crippen LogP contribution in [0.1, 0.15) is 19.3 Å². The second-order valence-electron chi connectivity index (χ2n) is 3.74. The maximum absolute atomic E-state index is 4.22. The first-order chi connectivity index (χ1) is 4.29. The molecule has 0 saturated carbocycles. The monoisotopic (exact) mass is 125 g/mol. The highest BCUT2D eigenvalue weighted by atomic mass is 15.3. The molecule has 51 valence electrons. The SMILES string of the molecule is [CH2][N+]12CCC(CC1)CC2. The van der Waals surface area contributed by atoms with Crippen LogP contribution in [-0.4, -0.2) is 24.1 Å². The van der Waals surface area contributed by atoms with Gasteiger partial charge in [-0.1, -0.05) is 0 Å². The van der Waals surface area contributed by atoms with E-state index in [1.165, 1.54) is 38.9 Å². The molecular formula is C8H15N+. The second-order valence-corrected chi connectivity index (χ2v) is 3.74. The molecule has 1 nitrogen and oxygen atoms in total. The third-order valence-electron chi connectivity index (χ3n) is 3.04. The van der Waals surface area contributed by atoms with Crippen molar-refractivity contribution in [3.63, 3.8) is 0 Å². The van der Waals surface area contributed by atoms with Gasteiger partial charge < -0.3 is 4.48 Å². The van der Waals surface area contributed by atoms with E-state index in [0.717, 1.165) is 10.4 Å². The fourth-order valence-corrected chi connectivity index (χ4v) is 2.14. The molecule has 3 heterocycles. The van der Waals surface area contributed by atoms with E-state index in [9.17, 15) is 0 Å². The van der Waals surface area contributed by atoms with E-state index in [4.69, 9.17) is 0 Å². The van der Waals surface area contributed by atoms with E-state index in [1.54, 1.807) is 0 Å². The zero-order chi connectivity index (χ0) is 6.32. The molecule has 2 bridgehead atoms.